The fourth-order valence-electron chi connectivity index (χ4n) is 13.6. The minimum absolute atomic E-state index is 0.0276. The maximum Gasteiger partial charge on any atom is 0.303 e. The Balaban J connectivity index is 1.24. The predicted octanol–water partition coefficient (Wildman–Crippen LogP) is 5.35. The molecule has 9 nitrogen and oxygen atoms in total. The first-order valence-corrected chi connectivity index (χ1v) is 19.5. The molecule has 0 aromatic rings. The normalized spacial score (nSPS) is 46.6. The van der Waals surface area contributed by atoms with Crippen LogP contribution in [0.2, 0.25) is 0 Å². The molecule has 0 amide bonds. The first kappa shape index (κ1) is 37.9. The van der Waals surface area contributed by atoms with Crippen LogP contribution in [0.3, 0.4) is 0 Å². The average Bonchev–Trinajstić information content (AvgIpc) is 3.61. The van der Waals surface area contributed by atoms with Gasteiger partial charge in [-0.05, 0) is 139 Å². The van der Waals surface area contributed by atoms with Crippen molar-refractivity contribution in [1.82, 2.24) is 9.80 Å². The predicted molar refractivity (Wildman–Crippen MR) is 190 cm³/mol. The highest BCUT2D eigenvalue weighted by Crippen LogP contribution is 2.89. The summed E-state index contributed by atoms with van der Waals surface area (Å²) in [7, 11) is 8.33. The second-order valence-electron chi connectivity index (χ2n) is 19.7. The van der Waals surface area contributed by atoms with Gasteiger partial charge in [0.25, 0.3) is 0 Å². The molecule has 0 aromatic carbocycles. The first-order valence-electron chi connectivity index (χ1n) is 19.5. The van der Waals surface area contributed by atoms with Gasteiger partial charge in [0.2, 0.25) is 0 Å². The molecule has 5 aliphatic carbocycles. The van der Waals surface area contributed by atoms with Gasteiger partial charge in [-0.25, -0.2) is 0 Å². The molecule has 0 radical (unpaired) electrons. The van der Waals surface area contributed by atoms with Crippen LogP contribution < -0.4 is 0 Å². The Labute approximate surface area is 297 Å². The van der Waals surface area contributed by atoms with Crippen molar-refractivity contribution in [3.8, 4) is 0 Å². The monoisotopic (exact) mass is 691 g/mol. The molecule has 0 bridgehead atoms. The number of hydrogen-bond acceptors (Lipinski definition) is 9. The smallest absolute Gasteiger partial charge is 0.303 e. The van der Waals surface area contributed by atoms with Crippen LogP contribution in [0.25, 0.3) is 0 Å². The number of nitrogens with zero attached hydrogens (tertiary/aromatic N) is 2. The van der Waals surface area contributed by atoms with Gasteiger partial charge in [0.05, 0.1) is 36.6 Å². The van der Waals surface area contributed by atoms with Gasteiger partial charge in [0.15, 0.2) is 12.4 Å². The topological polar surface area (TPSA) is 101 Å². The quantitative estimate of drug-likeness (QED) is 0.220. The molecule has 14 atom stereocenters. The molecule has 6 rings (SSSR count). The van der Waals surface area contributed by atoms with Crippen molar-refractivity contribution in [3.05, 3.63) is 0 Å². The number of carbonyl (C=O) groups is 1. The van der Waals surface area contributed by atoms with Gasteiger partial charge in [-0.3, -0.25) is 4.79 Å². The lowest BCUT2D eigenvalue weighted by Crippen LogP contribution is -2.60. The van der Waals surface area contributed by atoms with Crippen LogP contribution in [-0.2, 0) is 23.7 Å². The van der Waals surface area contributed by atoms with E-state index < -0.39 is 29.9 Å². The summed E-state index contributed by atoms with van der Waals surface area (Å²) in [6.07, 6.45) is 6.55. The van der Waals surface area contributed by atoms with Crippen molar-refractivity contribution < 1.29 is 34.0 Å². The number of carbonyl (C=O) groups excluding carboxylic acids is 1. The summed E-state index contributed by atoms with van der Waals surface area (Å²) in [4.78, 5) is 16.4. The Morgan fingerprint density at radius 3 is 2.24 bits per heavy atom. The lowest BCUT2D eigenvalue weighted by Gasteiger charge is -2.63. The number of fused-ring (bicyclic) bond motifs is 4. The summed E-state index contributed by atoms with van der Waals surface area (Å²) in [5.41, 5.74) is -1.01. The Morgan fingerprint density at radius 1 is 0.980 bits per heavy atom. The fraction of sp³-hybridized carbons (Fsp3) is 0.975. The minimum Gasteiger partial charge on any atom is -0.457 e. The molecule has 0 unspecified atom stereocenters. The van der Waals surface area contributed by atoms with Gasteiger partial charge >= 0.3 is 5.97 Å². The molecule has 2 N–H and O–H groups in total. The molecule has 1 aliphatic heterocycles. The highest BCUT2D eigenvalue weighted by molar-refractivity contribution is 5.66. The first-order chi connectivity index (χ1) is 22.7. The van der Waals surface area contributed by atoms with Crippen LogP contribution in [0.5, 0.6) is 0 Å². The molecule has 6 fully saturated rings. The molecule has 1 heterocycles. The second kappa shape index (κ2) is 12.7. The Morgan fingerprint density at radius 2 is 1.63 bits per heavy atom. The van der Waals surface area contributed by atoms with E-state index in [1.165, 1.54) is 32.6 Å². The number of aliphatic hydroxyl groups is 2. The molecule has 2 spiro atoms. The van der Waals surface area contributed by atoms with Gasteiger partial charge in [0, 0.05) is 25.4 Å². The Bertz CT molecular complexity index is 1240. The zero-order valence-corrected chi connectivity index (χ0v) is 32.9. The van der Waals surface area contributed by atoms with Crippen molar-refractivity contribution in [3.63, 3.8) is 0 Å². The van der Waals surface area contributed by atoms with E-state index in [9.17, 15) is 15.0 Å². The van der Waals surface area contributed by atoms with Crippen LogP contribution in [0.1, 0.15) is 107 Å². The number of ether oxygens (including phenoxy) is 4. The third-order valence-corrected chi connectivity index (χ3v) is 15.8. The van der Waals surface area contributed by atoms with Crippen molar-refractivity contribution in [2.45, 2.75) is 149 Å². The molecule has 1 saturated heterocycles. The van der Waals surface area contributed by atoms with Crippen molar-refractivity contribution in [2.75, 3.05) is 47.9 Å². The number of esters is 1. The van der Waals surface area contributed by atoms with Gasteiger partial charge in [-0.15, -0.1) is 0 Å². The zero-order valence-electron chi connectivity index (χ0n) is 32.9. The molecular formula is C40H70N2O7. The molecule has 6 aliphatic rings. The zero-order chi connectivity index (χ0) is 36.1. The summed E-state index contributed by atoms with van der Waals surface area (Å²) in [5.74, 6) is 1.09. The van der Waals surface area contributed by atoms with Gasteiger partial charge in [0.1, 0.15) is 0 Å². The van der Waals surface area contributed by atoms with Crippen LogP contribution in [0.4, 0.5) is 0 Å². The van der Waals surface area contributed by atoms with E-state index in [2.05, 4.69) is 72.6 Å². The van der Waals surface area contributed by atoms with Crippen molar-refractivity contribution >= 4 is 5.97 Å². The number of rotatable bonds is 11. The Kier molecular flexibility index (Phi) is 9.80. The number of aliphatic hydroxyl groups excluding tert-OH is 1. The maximum atomic E-state index is 12.6. The summed E-state index contributed by atoms with van der Waals surface area (Å²) in [6, 6.07) is 0. The van der Waals surface area contributed by atoms with Gasteiger partial charge in [-0.1, -0.05) is 34.6 Å². The third-order valence-electron chi connectivity index (χ3n) is 15.8. The van der Waals surface area contributed by atoms with Crippen LogP contribution in [0.15, 0.2) is 0 Å². The summed E-state index contributed by atoms with van der Waals surface area (Å²) >= 11 is 0. The second-order valence-corrected chi connectivity index (χ2v) is 19.7. The number of likely N-dealkylation sites (N-methyl/N-ethyl adjacent to an activating group) is 2. The molecular weight excluding hydrogens is 620 g/mol. The molecule has 9 heteroatoms. The van der Waals surface area contributed by atoms with E-state index in [0.717, 1.165) is 32.4 Å². The average molecular weight is 691 g/mol. The maximum absolute atomic E-state index is 12.6. The van der Waals surface area contributed by atoms with Crippen molar-refractivity contribution in [2.24, 2.45) is 50.7 Å². The standard InChI is InChI=1S/C40H70N2O7/c1-24-21-26(34(36(5,6)45)47-25(2)43)48-32-31(24)37(7)17-18-40-23-39(40)16-15-29(49-30(22-42(11)12)46-20-19-41(9)10)35(3,4)27(39)13-14-28(40)38(37,8)33(32)44/h24,26-34,44-45H,13-23H2,1-12H3/t24-,26-,27+,28+,29+,30+,31+,32+,33+,34+,37-,38-,39-,40+/m1/s1. The molecule has 0 aromatic heterocycles. The molecule has 5 saturated carbocycles. The summed E-state index contributed by atoms with van der Waals surface area (Å²) < 4.78 is 25.8. The number of hydrogen-bond donors (Lipinski definition) is 2. The van der Waals surface area contributed by atoms with Gasteiger partial charge < -0.3 is 39.0 Å². The van der Waals surface area contributed by atoms with Crippen LogP contribution >= 0.6 is 0 Å². The van der Waals surface area contributed by atoms with Crippen LogP contribution in [0, 0.1) is 50.7 Å². The van der Waals surface area contributed by atoms with Crippen molar-refractivity contribution in [1.29, 1.82) is 0 Å². The highest BCUT2D eigenvalue weighted by atomic mass is 16.7. The van der Waals surface area contributed by atoms with E-state index in [4.69, 9.17) is 18.9 Å². The van der Waals surface area contributed by atoms with E-state index >= 15 is 0 Å². The molecule has 49 heavy (non-hydrogen) atoms. The minimum atomic E-state index is -1.25. The fourth-order valence-corrected chi connectivity index (χ4v) is 13.6. The summed E-state index contributed by atoms with van der Waals surface area (Å²) in [5, 5.41) is 23.6. The summed E-state index contributed by atoms with van der Waals surface area (Å²) in [6.45, 7) is 19.1. The van der Waals surface area contributed by atoms with Gasteiger partial charge in [-0.2, -0.15) is 0 Å². The van der Waals surface area contributed by atoms with E-state index in [-0.39, 0.29) is 52.0 Å². The highest BCUT2D eigenvalue weighted by Gasteiger charge is 2.84. The lowest BCUT2D eigenvalue weighted by atomic mass is 9.41. The lowest BCUT2D eigenvalue weighted by molar-refractivity contribution is -0.236. The van der Waals surface area contributed by atoms with E-state index in [0.29, 0.717) is 30.3 Å². The largest absolute Gasteiger partial charge is 0.457 e. The molecule has 282 valence electrons. The van der Waals surface area contributed by atoms with Crippen LogP contribution in [-0.4, -0.2) is 116 Å². The Hall–Kier alpha value is -0.810. The third kappa shape index (κ3) is 5.77. The van der Waals surface area contributed by atoms with E-state index in [1.807, 2.05) is 0 Å². The van der Waals surface area contributed by atoms with E-state index in [1.54, 1.807) is 13.8 Å². The SMILES string of the molecule is CC(=O)O[C@@H]([C@H]1C[C@@H](C)[C@H]2[C@H](O1)[C@H](O)[C@@]1(C)[C@@H]3CC[C@H]4C(C)(C)[C@@H](O[C@@H](CN(C)C)OCCN(C)C)CC[C@@]45C[C@@]35CC[C@]21C)C(C)(C)O.